The Balaban J connectivity index is 1.13. The van der Waals surface area contributed by atoms with Gasteiger partial charge in [-0.3, -0.25) is 10.1 Å². The highest BCUT2D eigenvalue weighted by Gasteiger charge is 2.25. The summed E-state index contributed by atoms with van der Waals surface area (Å²) in [6.07, 6.45) is 3.61. The third-order valence-corrected chi connectivity index (χ3v) is 6.07. The summed E-state index contributed by atoms with van der Waals surface area (Å²) in [6, 6.07) is 12.9. The van der Waals surface area contributed by atoms with Gasteiger partial charge in [-0.25, -0.2) is 4.79 Å². The molecule has 7 nitrogen and oxygen atoms in total. The number of aromatic nitrogens is 1. The predicted molar refractivity (Wildman–Crippen MR) is 121 cm³/mol. The van der Waals surface area contributed by atoms with Crippen molar-refractivity contribution in [3.05, 3.63) is 58.7 Å². The SMILES string of the molecule is O=C(Nc1ccc2cnoc2c1)OCCCN1CCC(C(=O)c2ccc(Br)cc2)CC1. The average Bonchev–Trinajstić information content (AvgIpc) is 3.25. The molecule has 0 spiro atoms. The van der Waals surface area contributed by atoms with Gasteiger partial charge in [-0.05, 0) is 56.6 Å². The van der Waals surface area contributed by atoms with Crippen LogP contribution >= 0.6 is 15.9 Å². The fraction of sp³-hybridized carbons (Fsp3) is 0.348. The minimum Gasteiger partial charge on any atom is -0.449 e. The number of carbonyl (C=O) groups is 2. The molecule has 4 rings (SSSR count). The summed E-state index contributed by atoms with van der Waals surface area (Å²) >= 11 is 3.40. The molecule has 1 aromatic heterocycles. The van der Waals surface area contributed by atoms with Crippen molar-refractivity contribution in [2.45, 2.75) is 19.3 Å². The molecule has 0 radical (unpaired) electrons. The zero-order valence-electron chi connectivity index (χ0n) is 17.1. The van der Waals surface area contributed by atoms with Crippen LogP contribution in [0, 0.1) is 5.92 Å². The van der Waals surface area contributed by atoms with E-state index < -0.39 is 6.09 Å². The van der Waals surface area contributed by atoms with E-state index in [2.05, 4.69) is 31.3 Å². The second kappa shape index (κ2) is 10.1. The number of ether oxygens (including phenoxy) is 1. The van der Waals surface area contributed by atoms with Crippen LogP contribution in [-0.2, 0) is 4.74 Å². The van der Waals surface area contributed by atoms with E-state index in [0.29, 0.717) is 17.9 Å². The topological polar surface area (TPSA) is 84.7 Å². The number of nitrogens with zero attached hydrogens (tertiary/aromatic N) is 2. The van der Waals surface area contributed by atoms with Crippen LogP contribution in [0.15, 0.2) is 57.7 Å². The van der Waals surface area contributed by atoms with Crippen LogP contribution in [0.5, 0.6) is 0 Å². The van der Waals surface area contributed by atoms with Crippen molar-refractivity contribution in [3.63, 3.8) is 0 Å². The van der Waals surface area contributed by atoms with Crippen molar-refractivity contribution in [3.8, 4) is 0 Å². The molecular weight excluding hydrogens is 462 g/mol. The first kappa shape index (κ1) is 21.5. The Labute approximate surface area is 188 Å². The Bertz CT molecular complexity index is 1040. The third kappa shape index (κ3) is 5.71. The lowest BCUT2D eigenvalue weighted by molar-refractivity contribution is 0.0830. The lowest BCUT2D eigenvalue weighted by atomic mass is 9.89. The predicted octanol–water partition coefficient (Wildman–Crippen LogP) is 5.12. The molecule has 0 atom stereocenters. The Morgan fingerprint density at radius 3 is 2.71 bits per heavy atom. The van der Waals surface area contributed by atoms with Crippen LogP contribution in [0.4, 0.5) is 10.5 Å². The van der Waals surface area contributed by atoms with Crippen molar-refractivity contribution >= 4 is 44.5 Å². The van der Waals surface area contributed by atoms with Gasteiger partial charge in [0.25, 0.3) is 0 Å². The summed E-state index contributed by atoms with van der Waals surface area (Å²) in [4.78, 5) is 27.0. The maximum absolute atomic E-state index is 12.7. The smallest absolute Gasteiger partial charge is 0.411 e. The lowest BCUT2D eigenvalue weighted by Crippen LogP contribution is -2.37. The van der Waals surface area contributed by atoms with Crippen LogP contribution in [0.2, 0.25) is 0 Å². The molecule has 0 bridgehead atoms. The normalized spacial score (nSPS) is 15.1. The lowest BCUT2D eigenvalue weighted by Gasteiger charge is -2.31. The molecule has 1 fully saturated rings. The molecule has 1 aliphatic heterocycles. The Hall–Kier alpha value is -2.71. The van der Waals surface area contributed by atoms with Crippen molar-refractivity contribution in [1.29, 1.82) is 0 Å². The fourth-order valence-electron chi connectivity index (χ4n) is 3.81. The molecule has 1 amide bonds. The number of hydrogen-bond donors (Lipinski definition) is 1. The molecule has 1 aliphatic rings. The number of Topliss-reactive ketones (excluding diaryl/α,β-unsaturated/α-hetero) is 1. The quantitative estimate of drug-likeness (QED) is 0.369. The van der Waals surface area contributed by atoms with Gasteiger partial charge in [0.05, 0.1) is 12.8 Å². The molecule has 3 aromatic rings. The van der Waals surface area contributed by atoms with Gasteiger partial charge < -0.3 is 14.2 Å². The molecule has 2 heterocycles. The minimum atomic E-state index is -0.488. The molecule has 1 saturated heterocycles. The molecule has 0 aliphatic carbocycles. The number of amides is 1. The van der Waals surface area contributed by atoms with E-state index >= 15 is 0 Å². The number of anilines is 1. The highest BCUT2D eigenvalue weighted by molar-refractivity contribution is 9.10. The van der Waals surface area contributed by atoms with Gasteiger partial charge >= 0.3 is 6.09 Å². The maximum atomic E-state index is 12.7. The number of hydrogen-bond acceptors (Lipinski definition) is 6. The number of fused-ring (bicyclic) bond motifs is 1. The second-order valence-electron chi connectivity index (χ2n) is 7.68. The first-order chi connectivity index (χ1) is 15.1. The first-order valence-corrected chi connectivity index (χ1v) is 11.2. The fourth-order valence-corrected chi connectivity index (χ4v) is 4.08. The number of benzene rings is 2. The highest BCUT2D eigenvalue weighted by atomic mass is 79.9. The van der Waals surface area contributed by atoms with Gasteiger partial charge in [0.1, 0.15) is 0 Å². The summed E-state index contributed by atoms with van der Waals surface area (Å²) in [6.45, 7) is 2.96. The van der Waals surface area contributed by atoms with E-state index in [1.807, 2.05) is 30.3 Å². The zero-order valence-corrected chi connectivity index (χ0v) is 18.6. The van der Waals surface area contributed by atoms with E-state index in [4.69, 9.17) is 9.26 Å². The molecule has 1 N–H and O–H groups in total. The van der Waals surface area contributed by atoms with Crippen molar-refractivity contribution in [1.82, 2.24) is 10.1 Å². The summed E-state index contributed by atoms with van der Waals surface area (Å²) in [7, 11) is 0. The van der Waals surface area contributed by atoms with Crippen molar-refractivity contribution in [2.24, 2.45) is 5.92 Å². The third-order valence-electron chi connectivity index (χ3n) is 5.54. The van der Waals surface area contributed by atoms with Crippen LogP contribution in [0.25, 0.3) is 11.0 Å². The molecule has 8 heteroatoms. The van der Waals surface area contributed by atoms with E-state index in [1.165, 1.54) is 0 Å². The van der Waals surface area contributed by atoms with Crippen molar-refractivity contribution < 1.29 is 18.8 Å². The monoisotopic (exact) mass is 485 g/mol. The van der Waals surface area contributed by atoms with Crippen LogP contribution in [0.3, 0.4) is 0 Å². The minimum absolute atomic E-state index is 0.0844. The Morgan fingerprint density at radius 1 is 1.16 bits per heavy atom. The summed E-state index contributed by atoms with van der Waals surface area (Å²) in [5.74, 6) is 0.317. The van der Waals surface area contributed by atoms with Gasteiger partial charge in [-0.15, -0.1) is 0 Å². The highest BCUT2D eigenvalue weighted by Crippen LogP contribution is 2.23. The van der Waals surface area contributed by atoms with E-state index in [0.717, 1.165) is 54.3 Å². The Morgan fingerprint density at radius 2 is 1.94 bits per heavy atom. The largest absolute Gasteiger partial charge is 0.449 e. The summed E-state index contributed by atoms with van der Waals surface area (Å²) in [5, 5.41) is 7.29. The summed E-state index contributed by atoms with van der Waals surface area (Å²) in [5.41, 5.74) is 2.00. The van der Waals surface area contributed by atoms with Gasteiger partial charge in [0, 0.05) is 39.6 Å². The number of nitrogens with one attached hydrogen (secondary N) is 1. The number of likely N-dealkylation sites (tertiary alicyclic amines) is 1. The molecule has 162 valence electrons. The second-order valence-corrected chi connectivity index (χ2v) is 8.60. The van der Waals surface area contributed by atoms with Crippen molar-refractivity contribution in [2.75, 3.05) is 31.6 Å². The molecule has 0 saturated carbocycles. The van der Waals surface area contributed by atoms with Gasteiger partial charge in [-0.2, -0.15) is 0 Å². The number of ketones is 1. The van der Waals surface area contributed by atoms with E-state index in [1.54, 1.807) is 18.3 Å². The number of halogens is 1. The zero-order chi connectivity index (χ0) is 21.6. The first-order valence-electron chi connectivity index (χ1n) is 10.4. The van der Waals surface area contributed by atoms with Gasteiger partial charge in [0.2, 0.25) is 0 Å². The number of carbonyl (C=O) groups excluding carboxylic acids is 2. The molecular formula is C23H24BrN3O4. The van der Waals surface area contributed by atoms with Crippen LogP contribution in [-0.4, -0.2) is 48.2 Å². The van der Waals surface area contributed by atoms with E-state index in [-0.39, 0.29) is 11.7 Å². The maximum Gasteiger partial charge on any atom is 0.411 e. The standard InChI is InChI=1S/C23H24BrN3O4/c24-19-5-2-16(3-6-19)22(28)17-8-11-27(12-9-17)10-1-13-30-23(29)26-20-7-4-18-15-25-31-21(18)14-20/h2-7,14-15,17H,1,8-13H2,(H,26,29). The van der Waals surface area contributed by atoms with Gasteiger partial charge in [0.15, 0.2) is 11.4 Å². The molecule has 31 heavy (non-hydrogen) atoms. The number of rotatable bonds is 7. The van der Waals surface area contributed by atoms with E-state index in [9.17, 15) is 9.59 Å². The van der Waals surface area contributed by atoms with Crippen LogP contribution in [0.1, 0.15) is 29.6 Å². The Kier molecular flexibility index (Phi) is 6.99. The molecule has 2 aromatic carbocycles. The number of piperidine rings is 1. The molecule has 0 unspecified atom stereocenters. The van der Waals surface area contributed by atoms with Gasteiger partial charge in [-0.1, -0.05) is 33.2 Å². The van der Waals surface area contributed by atoms with Crippen LogP contribution < -0.4 is 5.32 Å². The summed E-state index contributed by atoms with van der Waals surface area (Å²) < 4.78 is 11.3. The average molecular weight is 486 g/mol.